The number of hydrogen-bond donors (Lipinski definition) is 3. The van der Waals surface area contributed by atoms with Gasteiger partial charge in [-0.3, -0.25) is 4.99 Å². The van der Waals surface area contributed by atoms with Gasteiger partial charge in [0, 0.05) is 32.0 Å². The number of aliphatic hydroxyl groups is 1. The van der Waals surface area contributed by atoms with Crippen LogP contribution in [0.2, 0.25) is 0 Å². The first-order chi connectivity index (χ1) is 10.2. The van der Waals surface area contributed by atoms with Gasteiger partial charge in [-0.2, -0.15) is 0 Å². The van der Waals surface area contributed by atoms with Crippen LogP contribution in [0.3, 0.4) is 0 Å². The van der Waals surface area contributed by atoms with Gasteiger partial charge in [0.15, 0.2) is 5.96 Å². The molecule has 0 aromatic carbocycles. The molecule has 0 amide bonds. The average Bonchev–Trinajstić information content (AvgIpc) is 2.99. The van der Waals surface area contributed by atoms with E-state index in [2.05, 4.69) is 39.5 Å². The zero-order valence-electron chi connectivity index (χ0n) is 13.0. The van der Waals surface area contributed by atoms with Crippen molar-refractivity contribution in [1.82, 2.24) is 15.2 Å². The van der Waals surface area contributed by atoms with E-state index in [4.69, 9.17) is 0 Å². The first-order valence-electron chi connectivity index (χ1n) is 8.07. The Kier molecular flexibility index (Phi) is 6.11. The van der Waals surface area contributed by atoms with Crippen molar-refractivity contribution in [3.8, 4) is 0 Å². The highest BCUT2D eigenvalue weighted by atomic mass is 16.3. The van der Waals surface area contributed by atoms with E-state index in [-0.39, 0.29) is 0 Å². The predicted molar refractivity (Wildman–Crippen MR) is 86.4 cm³/mol. The molecule has 1 heterocycles. The SMILES string of the molecule is CCNC(=NCC1(O)CCCCC1)NCCn1cccc1. The lowest BCUT2D eigenvalue weighted by Gasteiger charge is -2.30. The maximum Gasteiger partial charge on any atom is 0.191 e. The predicted octanol–water partition coefficient (Wildman–Crippen LogP) is 1.74. The molecule has 5 nitrogen and oxygen atoms in total. The molecule has 118 valence electrons. The molecule has 1 aromatic heterocycles. The Balaban J connectivity index is 1.80. The second-order valence-corrected chi connectivity index (χ2v) is 5.83. The van der Waals surface area contributed by atoms with Crippen LogP contribution in [0.15, 0.2) is 29.5 Å². The van der Waals surface area contributed by atoms with E-state index in [9.17, 15) is 5.11 Å². The third kappa shape index (κ3) is 5.42. The van der Waals surface area contributed by atoms with Crippen LogP contribution in [0.5, 0.6) is 0 Å². The second-order valence-electron chi connectivity index (χ2n) is 5.83. The Morgan fingerprint density at radius 3 is 2.57 bits per heavy atom. The Labute approximate surface area is 127 Å². The number of aliphatic imine (C=N–C) groups is 1. The third-order valence-electron chi connectivity index (χ3n) is 3.99. The van der Waals surface area contributed by atoms with Crippen LogP contribution in [-0.4, -0.2) is 40.9 Å². The van der Waals surface area contributed by atoms with Gasteiger partial charge in [0.2, 0.25) is 0 Å². The molecule has 0 radical (unpaired) electrons. The summed E-state index contributed by atoms with van der Waals surface area (Å²) in [5.74, 6) is 0.795. The van der Waals surface area contributed by atoms with Gasteiger partial charge in [-0.1, -0.05) is 19.3 Å². The van der Waals surface area contributed by atoms with Crippen molar-refractivity contribution in [2.45, 2.75) is 51.2 Å². The Morgan fingerprint density at radius 2 is 1.90 bits per heavy atom. The van der Waals surface area contributed by atoms with Crippen molar-refractivity contribution < 1.29 is 5.11 Å². The summed E-state index contributed by atoms with van der Waals surface area (Å²) in [4.78, 5) is 4.56. The van der Waals surface area contributed by atoms with Crippen LogP contribution in [-0.2, 0) is 6.54 Å². The van der Waals surface area contributed by atoms with Gasteiger partial charge in [-0.05, 0) is 31.9 Å². The largest absolute Gasteiger partial charge is 0.388 e. The Bertz CT molecular complexity index is 421. The van der Waals surface area contributed by atoms with Gasteiger partial charge < -0.3 is 20.3 Å². The maximum absolute atomic E-state index is 10.5. The first-order valence-corrected chi connectivity index (χ1v) is 8.07. The molecule has 1 fully saturated rings. The lowest BCUT2D eigenvalue weighted by molar-refractivity contribution is 0.0131. The molecule has 21 heavy (non-hydrogen) atoms. The van der Waals surface area contributed by atoms with Crippen molar-refractivity contribution in [3.63, 3.8) is 0 Å². The molecule has 1 aliphatic carbocycles. The standard InChI is InChI=1S/C16H28N4O/c1-2-17-15(18-10-13-20-11-6-7-12-20)19-14-16(21)8-4-3-5-9-16/h6-7,11-12,21H,2-5,8-10,13-14H2,1H3,(H2,17,18,19). The molecule has 0 saturated heterocycles. The van der Waals surface area contributed by atoms with Gasteiger partial charge in [-0.25, -0.2) is 0 Å². The molecular formula is C16H28N4O. The van der Waals surface area contributed by atoms with E-state index >= 15 is 0 Å². The molecule has 0 spiro atoms. The van der Waals surface area contributed by atoms with Crippen molar-refractivity contribution in [1.29, 1.82) is 0 Å². The fourth-order valence-corrected chi connectivity index (χ4v) is 2.76. The molecule has 0 unspecified atom stereocenters. The van der Waals surface area contributed by atoms with E-state index < -0.39 is 5.60 Å². The smallest absolute Gasteiger partial charge is 0.191 e. The Morgan fingerprint density at radius 1 is 1.19 bits per heavy atom. The van der Waals surface area contributed by atoms with Crippen LogP contribution in [0, 0.1) is 0 Å². The van der Waals surface area contributed by atoms with E-state index in [1.165, 1.54) is 6.42 Å². The van der Waals surface area contributed by atoms with Gasteiger partial charge in [0.1, 0.15) is 0 Å². The highest BCUT2D eigenvalue weighted by Gasteiger charge is 2.28. The van der Waals surface area contributed by atoms with Crippen molar-refractivity contribution in [2.75, 3.05) is 19.6 Å². The molecule has 3 N–H and O–H groups in total. The minimum Gasteiger partial charge on any atom is -0.388 e. The number of hydrogen-bond acceptors (Lipinski definition) is 2. The van der Waals surface area contributed by atoms with Gasteiger partial charge in [0.05, 0.1) is 12.1 Å². The summed E-state index contributed by atoms with van der Waals surface area (Å²) in [6.45, 7) is 5.10. The van der Waals surface area contributed by atoms with E-state index in [0.29, 0.717) is 6.54 Å². The van der Waals surface area contributed by atoms with E-state index in [0.717, 1.165) is 51.3 Å². The van der Waals surface area contributed by atoms with Gasteiger partial charge in [-0.15, -0.1) is 0 Å². The second kappa shape index (κ2) is 8.08. The number of aromatic nitrogens is 1. The lowest BCUT2D eigenvalue weighted by atomic mass is 9.85. The van der Waals surface area contributed by atoms with Crippen LogP contribution >= 0.6 is 0 Å². The minimum atomic E-state index is -0.596. The number of nitrogens with zero attached hydrogens (tertiary/aromatic N) is 2. The summed E-state index contributed by atoms with van der Waals surface area (Å²) >= 11 is 0. The maximum atomic E-state index is 10.5. The molecule has 1 aromatic rings. The molecule has 2 rings (SSSR count). The molecule has 5 heteroatoms. The molecule has 0 bridgehead atoms. The van der Waals surface area contributed by atoms with Crippen molar-refractivity contribution in [2.24, 2.45) is 4.99 Å². The fourth-order valence-electron chi connectivity index (χ4n) is 2.76. The van der Waals surface area contributed by atoms with Gasteiger partial charge in [0.25, 0.3) is 0 Å². The fraction of sp³-hybridized carbons (Fsp3) is 0.688. The minimum absolute atomic E-state index is 0.492. The summed E-state index contributed by atoms with van der Waals surface area (Å²) in [6.07, 6.45) is 9.32. The third-order valence-corrected chi connectivity index (χ3v) is 3.99. The summed E-state index contributed by atoms with van der Waals surface area (Å²) in [6, 6.07) is 4.05. The van der Waals surface area contributed by atoms with Crippen LogP contribution in [0.1, 0.15) is 39.0 Å². The normalized spacial score (nSPS) is 18.5. The summed E-state index contributed by atoms with van der Waals surface area (Å²) < 4.78 is 2.13. The van der Waals surface area contributed by atoms with Crippen LogP contribution in [0.25, 0.3) is 0 Å². The summed E-state index contributed by atoms with van der Waals surface area (Å²) in [7, 11) is 0. The van der Waals surface area contributed by atoms with Crippen molar-refractivity contribution >= 4 is 5.96 Å². The highest BCUT2D eigenvalue weighted by Crippen LogP contribution is 2.28. The average molecular weight is 292 g/mol. The van der Waals surface area contributed by atoms with E-state index in [1.54, 1.807) is 0 Å². The first kappa shape index (κ1) is 15.9. The number of rotatable bonds is 6. The topological polar surface area (TPSA) is 61.6 Å². The zero-order chi connectivity index (χ0) is 15.0. The number of guanidine groups is 1. The van der Waals surface area contributed by atoms with Gasteiger partial charge >= 0.3 is 0 Å². The molecule has 1 saturated carbocycles. The van der Waals surface area contributed by atoms with Crippen LogP contribution in [0.4, 0.5) is 0 Å². The zero-order valence-corrected chi connectivity index (χ0v) is 13.0. The number of nitrogens with one attached hydrogen (secondary N) is 2. The van der Waals surface area contributed by atoms with Crippen LogP contribution < -0.4 is 10.6 Å². The molecule has 1 aliphatic rings. The molecule has 0 atom stereocenters. The quantitative estimate of drug-likeness (QED) is 0.553. The monoisotopic (exact) mass is 292 g/mol. The summed E-state index contributed by atoms with van der Waals surface area (Å²) in [5.41, 5.74) is -0.596. The van der Waals surface area contributed by atoms with Crippen molar-refractivity contribution in [3.05, 3.63) is 24.5 Å². The summed E-state index contributed by atoms with van der Waals surface area (Å²) in [5, 5.41) is 17.1. The molecule has 0 aliphatic heterocycles. The molecular weight excluding hydrogens is 264 g/mol. The van der Waals surface area contributed by atoms with E-state index in [1.807, 2.05) is 12.1 Å². The lowest BCUT2D eigenvalue weighted by Crippen LogP contribution is -2.41. The highest BCUT2D eigenvalue weighted by molar-refractivity contribution is 5.79. The Hall–Kier alpha value is -1.49.